The standard InChI is InChI=1S/C18H14Cl2N6S/c1-9-2-4-13-14(6-9)27-18(25-13)26-17-15(21)16(22-8-23-17)24-12-5-3-10(19)7-11(12)20/h2-8H,21H2,1H3,(H2,22,23,24,25,26). The highest BCUT2D eigenvalue weighted by Gasteiger charge is 2.12. The van der Waals surface area contributed by atoms with E-state index in [0.717, 1.165) is 10.2 Å². The molecule has 0 saturated carbocycles. The first-order valence-electron chi connectivity index (χ1n) is 7.96. The molecule has 0 aliphatic carbocycles. The Balaban J connectivity index is 1.62. The Morgan fingerprint density at radius 3 is 2.56 bits per heavy atom. The summed E-state index contributed by atoms with van der Waals surface area (Å²) >= 11 is 13.7. The maximum Gasteiger partial charge on any atom is 0.189 e. The van der Waals surface area contributed by atoms with Gasteiger partial charge in [0.2, 0.25) is 0 Å². The fraction of sp³-hybridized carbons (Fsp3) is 0.0556. The van der Waals surface area contributed by atoms with Crippen LogP contribution in [-0.4, -0.2) is 15.0 Å². The van der Waals surface area contributed by atoms with Crippen molar-refractivity contribution in [2.75, 3.05) is 16.4 Å². The van der Waals surface area contributed by atoms with Crippen molar-refractivity contribution in [1.82, 2.24) is 15.0 Å². The lowest BCUT2D eigenvalue weighted by Crippen LogP contribution is -2.05. The molecule has 2 aromatic carbocycles. The average molecular weight is 417 g/mol. The van der Waals surface area contributed by atoms with Gasteiger partial charge in [-0.3, -0.25) is 0 Å². The number of nitrogen functional groups attached to an aromatic ring is 1. The predicted molar refractivity (Wildman–Crippen MR) is 114 cm³/mol. The molecule has 136 valence electrons. The molecule has 4 rings (SSSR count). The Morgan fingerprint density at radius 2 is 1.78 bits per heavy atom. The molecule has 0 spiro atoms. The summed E-state index contributed by atoms with van der Waals surface area (Å²) in [5.74, 6) is 0.905. The van der Waals surface area contributed by atoms with Gasteiger partial charge in [-0.2, -0.15) is 0 Å². The minimum Gasteiger partial charge on any atom is -0.393 e. The van der Waals surface area contributed by atoms with Gasteiger partial charge in [0.15, 0.2) is 16.8 Å². The van der Waals surface area contributed by atoms with Crippen LogP contribution in [-0.2, 0) is 0 Å². The molecule has 0 bridgehead atoms. The quantitative estimate of drug-likeness (QED) is 0.391. The van der Waals surface area contributed by atoms with Gasteiger partial charge in [0.25, 0.3) is 0 Å². The first kappa shape index (κ1) is 17.8. The molecule has 2 heterocycles. The zero-order chi connectivity index (χ0) is 19.0. The number of nitrogens with one attached hydrogen (secondary N) is 2. The zero-order valence-corrected chi connectivity index (χ0v) is 16.5. The third-order valence-electron chi connectivity index (χ3n) is 3.84. The maximum absolute atomic E-state index is 6.24. The predicted octanol–water partition coefficient (Wildman–Crippen LogP) is 5.77. The smallest absolute Gasteiger partial charge is 0.189 e. The number of aromatic nitrogens is 3. The molecule has 6 nitrogen and oxygen atoms in total. The fourth-order valence-corrected chi connectivity index (χ4v) is 3.92. The number of nitrogens with zero attached hydrogens (tertiary/aromatic N) is 3. The largest absolute Gasteiger partial charge is 0.393 e. The fourth-order valence-electron chi connectivity index (χ4n) is 2.50. The van der Waals surface area contributed by atoms with Crippen LogP contribution in [0.1, 0.15) is 5.56 Å². The van der Waals surface area contributed by atoms with E-state index in [-0.39, 0.29) is 0 Å². The van der Waals surface area contributed by atoms with Crippen molar-refractivity contribution in [3.63, 3.8) is 0 Å². The second kappa shape index (κ2) is 7.19. The molecule has 0 unspecified atom stereocenters. The van der Waals surface area contributed by atoms with Crippen molar-refractivity contribution in [2.24, 2.45) is 0 Å². The van der Waals surface area contributed by atoms with E-state index in [2.05, 4.69) is 38.6 Å². The van der Waals surface area contributed by atoms with Crippen molar-refractivity contribution in [1.29, 1.82) is 0 Å². The van der Waals surface area contributed by atoms with Crippen LogP contribution in [0.4, 0.5) is 28.1 Å². The van der Waals surface area contributed by atoms with Crippen LogP contribution in [0.5, 0.6) is 0 Å². The SMILES string of the molecule is Cc1ccc2nc(Nc3ncnc(Nc4ccc(Cl)cc4Cl)c3N)sc2c1. The van der Waals surface area contributed by atoms with Crippen LogP contribution >= 0.6 is 34.5 Å². The van der Waals surface area contributed by atoms with Gasteiger partial charge in [-0.15, -0.1) is 0 Å². The minimum atomic E-state index is 0.360. The molecule has 0 saturated heterocycles. The van der Waals surface area contributed by atoms with E-state index in [4.69, 9.17) is 28.9 Å². The molecule has 0 amide bonds. The molecule has 0 aliphatic rings. The van der Waals surface area contributed by atoms with Crippen molar-refractivity contribution in [3.05, 3.63) is 58.3 Å². The summed E-state index contributed by atoms with van der Waals surface area (Å²) in [6, 6.07) is 11.3. The Morgan fingerprint density at radius 1 is 1.00 bits per heavy atom. The van der Waals surface area contributed by atoms with Crippen LogP contribution in [0.25, 0.3) is 10.2 Å². The van der Waals surface area contributed by atoms with Crippen LogP contribution in [0.15, 0.2) is 42.7 Å². The lowest BCUT2D eigenvalue weighted by Gasteiger charge is -2.12. The van der Waals surface area contributed by atoms with Crippen molar-refractivity contribution in [3.8, 4) is 0 Å². The van der Waals surface area contributed by atoms with Gasteiger partial charge >= 0.3 is 0 Å². The van der Waals surface area contributed by atoms with Gasteiger partial charge in [-0.05, 0) is 42.8 Å². The monoisotopic (exact) mass is 416 g/mol. The summed E-state index contributed by atoms with van der Waals surface area (Å²) in [6.07, 6.45) is 1.42. The summed E-state index contributed by atoms with van der Waals surface area (Å²) in [5.41, 5.74) is 9.35. The third kappa shape index (κ3) is 3.75. The molecule has 4 aromatic rings. The first-order chi connectivity index (χ1) is 13.0. The normalized spacial score (nSPS) is 10.9. The molecule has 2 aromatic heterocycles. The molecule has 0 radical (unpaired) electrons. The number of hydrogen-bond acceptors (Lipinski definition) is 7. The second-order valence-electron chi connectivity index (χ2n) is 5.85. The summed E-state index contributed by atoms with van der Waals surface area (Å²) < 4.78 is 1.09. The summed E-state index contributed by atoms with van der Waals surface area (Å²) in [4.78, 5) is 13.0. The maximum atomic E-state index is 6.24. The lowest BCUT2D eigenvalue weighted by atomic mass is 10.2. The van der Waals surface area contributed by atoms with E-state index in [0.29, 0.717) is 38.2 Å². The number of rotatable bonds is 4. The molecule has 0 fully saturated rings. The number of nitrogens with two attached hydrogens (primary N) is 1. The van der Waals surface area contributed by atoms with Crippen molar-refractivity contribution >= 4 is 72.9 Å². The molecule has 0 aliphatic heterocycles. The molecular weight excluding hydrogens is 403 g/mol. The summed E-state index contributed by atoms with van der Waals surface area (Å²) in [5, 5.41) is 8.00. The number of benzene rings is 2. The van der Waals surface area contributed by atoms with Crippen LogP contribution in [0.3, 0.4) is 0 Å². The lowest BCUT2D eigenvalue weighted by molar-refractivity contribution is 1.17. The Labute approximate surface area is 169 Å². The van der Waals surface area contributed by atoms with Gasteiger partial charge in [-0.1, -0.05) is 40.6 Å². The summed E-state index contributed by atoms with van der Waals surface area (Å²) in [6.45, 7) is 2.05. The number of fused-ring (bicyclic) bond motifs is 1. The van der Waals surface area contributed by atoms with Crippen molar-refractivity contribution < 1.29 is 0 Å². The molecule has 4 N–H and O–H groups in total. The highest BCUT2D eigenvalue weighted by molar-refractivity contribution is 7.22. The summed E-state index contributed by atoms with van der Waals surface area (Å²) in [7, 11) is 0. The van der Waals surface area contributed by atoms with E-state index >= 15 is 0 Å². The van der Waals surface area contributed by atoms with Gasteiger partial charge in [0.1, 0.15) is 12.0 Å². The van der Waals surface area contributed by atoms with Crippen LogP contribution < -0.4 is 16.4 Å². The first-order valence-corrected chi connectivity index (χ1v) is 9.53. The number of aryl methyl sites for hydroxylation is 1. The molecule has 0 atom stereocenters. The number of hydrogen-bond donors (Lipinski definition) is 3. The van der Waals surface area contributed by atoms with Gasteiger partial charge in [0, 0.05) is 5.02 Å². The molecule has 27 heavy (non-hydrogen) atoms. The Bertz CT molecular complexity index is 1140. The topological polar surface area (TPSA) is 88.8 Å². The van der Waals surface area contributed by atoms with Crippen LogP contribution in [0.2, 0.25) is 10.0 Å². The van der Waals surface area contributed by atoms with Crippen LogP contribution in [0, 0.1) is 6.92 Å². The Hall–Kier alpha value is -2.61. The van der Waals surface area contributed by atoms with E-state index < -0.39 is 0 Å². The highest BCUT2D eigenvalue weighted by Crippen LogP contribution is 2.34. The van der Waals surface area contributed by atoms with Crippen molar-refractivity contribution in [2.45, 2.75) is 6.92 Å². The van der Waals surface area contributed by atoms with Gasteiger partial charge < -0.3 is 16.4 Å². The van der Waals surface area contributed by atoms with E-state index in [9.17, 15) is 0 Å². The third-order valence-corrected chi connectivity index (χ3v) is 5.32. The van der Waals surface area contributed by atoms with Gasteiger partial charge in [0.05, 0.1) is 20.9 Å². The molecular formula is C18H14Cl2N6S. The second-order valence-corrected chi connectivity index (χ2v) is 7.72. The van der Waals surface area contributed by atoms with E-state index in [1.807, 2.05) is 12.1 Å². The molecule has 9 heteroatoms. The van der Waals surface area contributed by atoms with Gasteiger partial charge in [-0.25, -0.2) is 15.0 Å². The number of halogens is 2. The van der Waals surface area contributed by atoms with E-state index in [1.165, 1.54) is 23.2 Å². The number of anilines is 5. The van der Waals surface area contributed by atoms with E-state index in [1.54, 1.807) is 18.2 Å². The number of thiazole rings is 1. The zero-order valence-electron chi connectivity index (χ0n) is 14.1. The highest BCUT2D eigenvalue weighted by atomic mass is 35.5. The average Bonchev–Trinajstić information content (AvgIpc) is 3.02. The minimum absolute atomic E-state index is 0.360. The Kier molecular flexibility index (Phi) is 4.73.